The number of anilines is 1. The van der Waals surface area contributed by atoms with Crippen LogP contribution in [0.5, 0.6) is 0 Å². The Bertz CT molecular complexity index is 1140. The summed E-state index contributed by atoms with van der Waals surface area (Å²) in [6.07, 6.45) is 4.43. The van der Waals surface area contributed by atoms with Gasteiger partial charge in [-0.25, -0.2) is 17.8 Å². The molecule has 5 rings (SSSR count). The Morgan fingerprint density at radius 1 is 1.00 bits per heavy atom. The zero-order valence-corrected chi connectivity index (χ0v) is 15.9. The van der Waals surface area contributed by atoms with E-state index in [1.165, 1.54) is 40.5 Å². The third-order valence-electron chi connectivity index (χ3n) is 5.41. The first-order chi connectivity index (χ1) is 13.5. The lowest BCUT2D eigenvalue weighted by atomic mass is 10.2. The van der Waals surface area contributed by atoms with E-state index in [4.69, 9.17) is 0 Å². The van der Waals surface area contributed by atoms with Crippen molar-refractivity contribution in [3.8, 4) is 0 Å². The maximum Gasteiger partial charge on any atom is 0.254 e. The van der Waals surface area contributed by atoms with Crippen molar-refractivity contribution >= 4 is 21.6 Å². The number of halogens is 1. The summed E-state index contributed by atoms with van der Waals surface area (Å²) in [5, 5.41) is 4.33. The van der Waals surface area contributed by atoms with Crippen LogP contribution >= 0.6 is 0 Å². The van der Waals surface area contributed by atoms with Crippen LogP contribution < -0.4 is 4.90 Å². The molecule has 2 aromatic heterocycles. The van der Waals surface area contributed by atoms with E-state index in [0.717, 1.165) is 30.8 Å². The SMILES string of the molecule is O=S(=O)(c1ccc(F)cc1)N1CCN(c2c3c(nc4ncnn24)CCC3)CC1. The molecule has 0 N–H and O–H groups in total. The smallest absolute Gasteiger partial charge is 0.254 e. The summed E-state index contributed by atoms with van der Waals surface area (Å²) in [5.41, 5.74) is 2.25. The molecule has 1 saturated heterocycles. The van der Waals surface area contributed by atoms with Crippen LogP contribution in [0.4, 0.5) is 10.2 Å². The second-order valence-corrected chi connectivity index (χ2v) is 8.97. The Hall–Kier alpha value is -2.59. The molecule has 146 valence electrons. The van der Waals surface area contributed by atoms with Crippen LogP contribution in [-0.2, 0) is 22.9 Å². The van der Waals surface area contributed by atoms with E-state index in [1.54, 1.807) is 4.52 Å². The van der Waals surface area contributed by atoms with Gasteiger partial charge in [-0.15, -0.1) is 0 Å². The van der Waals surface area contributed by atoms with Crippen molar-refractivity contribution in [1.29, 1.82) is 0 Å². The van der Waals surface area contributed by atoms with Gasteiger partial charge in [0, 0.05) is 31.7 Å². The monoisotopic (exact) mass is 402 g/mol. The highest BCUT2D eigenvalue weighted by atomic mass is 32.2. The summed E-state index contributed by atoms with van der Waals surface area (Å²) >= 11 is 0. The molecule has 1 aliphatic heterocycles. The van der Waals surface area contributed by atoms with Gasteiger partial charge in [0.2, 0.25) is 10.0 Å². The van der Waals surface area contributed by atoms with Crippen molar-refractivity contribution in [2.24, 2.45) is 0 Å². The minimum atomic E-state index is -3.63. The zero-order chi connectivity index (χ0) is 19.3. The Morgan fingerprint density at radius 2 is 1.75 bits per heavy atom. The minimum Gasteiger partial charge on any atom is -0.354 e. The van der Waals surface area contributed by atoms with Gasteiger partial charge in [-0.2, -0.15) is 18.9 Å². The fourth-order valence-corrected chi connectivity index (χ4v) is 5.44. The van der Waals surface area contributed by atoms with Crippen LogP contribution in [0.1, 0.15) is 17.7 Å². The molecule has 10 heteroatoms. The van der Waals surface area contributed by atoms with Crippen LogP contribution in [0.2, 0.25) is 0 Å². The van der Waals surface area contributed by atoms with Crippen molar-refractivity contribution in [1.82, 2.24) is 23.9 Å². The van der Waals surface area contributed by atoms with Gasteiger partial charge in [0.1, 0.15) is 18.0 Å². The molecule has 0 unspecified atom stereocenters. The molecule has 28 heavy (non-hydrogen) atoms. The van der Waals surface area contributed by atoms with Crippen LogP contribution in [0.3, 0.4) is 0 Å². The van der Waals surface area contributed by atoms with Gasteiger partial charge in [-0.3, -0.25) is 0 Å². The van der Waals surface area contributed by atoms with E-state index >= 15 is 0 Å². The highest BCUT2D eigenvalue weighted by Crippen LogP contribution is 2.31. The maximum absolute atomic E-state index is 13.1. The van der Waals surface area contributed by atoms with Crippen molar-refractivity contribution in [2.75, 3.05) is 31.1 Å². The molecule has 8 nitrogen and oxygen atoms in total. The number of nitrogens with zero attached hydrogens (tertiary/aromatic N) is 6. The second kappa shape index (κ2) is 6.49. The molecule has 0 bridgehead atoms. The Balaban J connectivity index is 1.42. The lowest BCUT2D eigenvalue weighted by Gasteiger charge is -2.36. The van der Waals surface area contributed by atoms with Crippen molar-refractivity contribution in [2.45, 2.75) is 24.2 Å². The van der Waals surface area contributed by atoms with Gasteiger partial charge in [0.25, 0.3) is 5.78 Å². The second-order valence-electron chi connectivity index (χ2n) is 7.03. The van der Waals surface area contributed by atoms with Crippen LogP contribution in [0.15, 0.2) is 35.5 Å². The molecular formula is C18H19FN6O2S. The van der Waals surface area contributed by atoms with Gasteiger partial charge < -0.3 is 4.90 Å². The van der Waals surface area contributed by atoms with E-state index in [9.17, 15) is 12.8 Å². The summed E-state index contributed by atoms with van der Waals surface area (Å²) in [6, 6.07) is 4.97. The topological polar surface area (TPSA) is 83.7 Å². The van der Waals surface area contributed by atoms with Gasteiger partial charge in [0.05, 0.1) is 10.6 Å². The summed E-state index contributed by atoms with van der Waals surface area (Å²) in [5.74, 6) is 1.11. The summed E-state index contributed by atoms with van der Waals surface area (Å²) in [4.78, 5) is 11.1. The molecule has 1 aromatic carbocycles. The maximum atomic E-state index is 13.1. The summed E-state index contributed by atoms with van der Waals surface area (Å²) in [6.45, 7) is 1.80. The minimum absolute atomic E-state index is 0.116. The number of fused-ring (bicyclic) bond motifs is 2. The zero-order valence-electron chi connectivity index (χ0n) is 15.1. The normalized spacial score (nSPS) is 18.0. The number of benzene rings is 1. The van der Waals surface area contributed by atoms with Crippen LogP contribution in [-0.4, -0.2) is 58.5 Å². The van der Waals surface area contributed by atoms with Gasteiger partial charge in [0.15, 0.2) is 0 Å². The first-order valence-electron chi connectivity index (χ1n) is 9.26. The molecular weight excluding hydrogens is 383 g/mol. The largest absolute Gasteiger partial charge is 0.354 e. The molecule has 1 aliphatic carbocycles. The van der Waals surface area contributed by atoms with Gasteiger partial charge in [-0.1, -0.05) is 0 Å². The molecule has 1 fully saturated rings. The lowest BCUT2D eigenvalue weighted by Crippen LogP contribution is -2.49. The number of aryl methyl sites for hydroxylation is 1. The van der Waals surface area contributed by atoms with E-state index in [1.807, 2.05) is 0 Å². The number of piperazine rings is 1. The number of hydrogen-bond donors (Lipinski definition) is 0. The molecule has 3 heterocycles. The Labute approximate surface area is 161 Å². The first kappa shape index (κ1) is 17.5. The third kappa shape index (κ3) is 2.75. The van der Waals surface area contributed by atoms with Crippen LogP contribution in [0.25, 0.3) is 5.78 Å². The Kier molecular flexibility index (Phi) is 4.06. The lowest BCUT2D eigenvalue weighted by molar-refractivity contribution is 0.382. The summed E-state index contributed by atoms with van der Waals surface area (Å²) in [7, 11) is -3.63. The fourth-order valence-electron chi connectivity index (χ4n) is 4.02. The predicted molar refractivity (Wildman–Crippen MR) is 100 cm³/mol. The fraction of sp³-hybridized carbons (Fsp3) is 0.389. The molecule has 0 radical (unpaired) electrons. The standard InChI is InChI=1S/C18H19FN6O2S/c19-13-4-6-14(7-5-13)28(26,27)24-10-8-23(9-11-24)17-15-2-1-3-16(15)22-18-20-12-21-25(17)18/h4-7,12H,1-3,8-11H2. The Morgan fingerprint density at radius 3 is 2.50 bits per heavy atom. The number of sulfonamides is 1. The first-order valence-corrected chi connectivity index (χ1v) is 10.7. The third-order valence-corrected chi connectivity index (χ3v) is 7.33. The van der Waals surface area contributed by atoms with Crippen molar-refractivity contribution in [3.05, 3.63) is 47.7 Å². The molecule has 0 spiro atoms. The van der Waals surface area contributed by atoms with E-state index in [2.05, 4.69) is 20.0 Å². The van der Waals surface area contributed by atoms with E-state index in [-0.39, 0.29) is 4.90 Å². The molecule has 2 aliphatic rings. The van der Waals surface area contributed by atoms with Gasteiger partial charge >= 0.3 is 0 Å². The van der Waals surface area contributed by atoms with E-state index < -0.39 is 15.8 Å². The average molecular weight is 402 g/mol. The van der Waals surface area contributed by atoms with E-state index in [0.29, 0.717) is 32.0 Å². The van der Waals surface area contributed by atoms with Crippen LogP contribution in [0, 0.1) is 5.82 Å². The summed E-state index contributed by atoms with van der Waals surface area (Å²) < 4.78 is 42.0. The average Bonchev–Trinajstić information content (AvgIpc) is 3.35. The molecule has 3 aromatic rings. The predicted octanol–water partition coefficient (Wildman–Crippen LogP) is 1.26. The van der Waals surface area contributed by atoms with Gasteiger partial charge in [-0.05, 0) is 43.5 Å². The molecule has 0 saturated carbocycles. The molecule has 0 atom stereocenters. The highest BCUT2D eigenvalue weighted by molar-refractivity contribution is 7.89. The quantitative estimate of drug-likeness (QED) is 0.656. The molecule has 0 amide bonds. The number of rotatable bonds is 3. The van der Waals surface area contributed by atoms with Crippen molar-refractivity contribution in [3.63, 3.8) is 0 Å². The van der Waals surface area contributed by atoms with Crippen molar-refractivity contribution < 1.29 is 12.8 Å². The number of hydrogen-bond acceptors (Lipinski definition) is 6. The highest BCUT2D eigenvalue weighted by Gasteiger charge is 2.31. The number of aromatic nitrogens is 4.